The predicted octanol–water partition coefficient (Wildman–Crippen LogP) is 18.2. The van der Waals surface area contributed by atoms with Gasteiger partial charge in [0.05, 0.1) is 28.3 Å². The van der Waals surface area contributed by atoms with E-state index in [-0.39, 0.29) is 46.0 Å². The largest absolute Gasteiger partial charge is 0.443 e. The number of aromatic nitrogens is 2. The summed E-state index contributed by atoms with van der Waals surface area (Å²) >= 11 is 3.49. The van der Waals surface area contributed by atoms with Crippen molar-refractivity contribution in [1.82, 2.24) is 9.97 Å². The number of rotatable bonds is 3. The number of hydrogen-bond acceptors (Lipinski definition) is 10. The lowest BCUT2D eigenvalue weighted by Crippen LogP contribution is -2.38. The Morgan fingerprint density at radius 1 is 0.457 bits per heavy atom. The third kappa shape index (κ3) is 18.8. The maximum atomic E-state index is 12.7. The van der Waals surface area contributed by atoms with Gasteiger partial charge in [-0.2, -0.15) is 0 Å². The van der Waals surface area contributed by atoms with Gasteiger partial charge < -0.3 is 18.9 Å². The number of carbonyl (C=O) groups excluding carboxylic acids is 4. The molecule has 5 heterocycles. The molecule has 9 rings (SSSR count). The Morgan fingerprint density at radius 2 is 0.739 bits per heavy atom. The van der Waals surface area contributed by atoms with Crippen LogP contribution in [0.15, 0.2) is 96.0 Å². The summed E-state index contributed by atoms with van der Waals surface area (Å²) in [7, 11) is -1.47. The van der Waals surface area contributed by atoms with Crippen molar-refractivity contribution in [3.63, 3.8) is 0 Å². The van der Waals surface area contributed by atoms with E-state index >= 15 is 0 Å². The van der Waals surface area contributed by atoms with E-state index in [1.165, 1.54) is 35.6 Å². The molecule has 16 heteroatoms. The number of terminal acetylenes is 1. The zero-order valence-electron chi connectivity index (χ0n) is 59.0. The maximum absolute atomic E-state index is 12.7. The first-order valence-electron chi connectivity index (χ1n) is 31.9. The van der Waals surface area contributed by atoms with Crippen molar-refractivity contribution in [2.45, 2.75) is 221 Å². The molecular weight excluding hydrogens is 1230 g/mol. The molecule has 0 radical (unpaired) electrons. The van der Waals surface area contributed by atoms with Crippen molar-refractivity contribution in [1.29, 1.82) is 0 Å². The van der Waals surface area contributed by atoms with Gasteiger partial charge in [0, 0.05) is 81.4 Å². The Bertz CT molecular complexity index is 3710. The highest BCUT2D eigenvalue weighted by atomic mass is 79.9. The standard InChI is InChI=1S/C23H35NO2Si.C21H23N3O2.C17H21NO2.C15H20BrNO2/c1-9-27(10-2,11-3)15-14-18-12-13-20-19(16-18)23(7,8)17-24(20)21(25)26-22(4,5)6;1-20(2,3)26-19(25)24-13-21(4,5)17-10-15(8-9-18(17)24)6-7-16-11-22-14-23-12-16;1-7-12-8-9-14-13(10-12)17(5,6)11-18(14)15(19)20-16(2,3)4;1-14(2,3)19-13(18)17-9-15(4,5)11-8-10(16)6-7-12(11)17/h12-13,16H,9-11,17H2,1-8H3;8-12,14H,13H2,1-5H3;1,8-10H,11H2,2-6H3;6-8H,9H2,1-5H3. The Kier molecular flexibility index (Phi) is 22.3. The van der Waals surface area contributed by atoms with Crippen LogP contribution in [0.1, 0.15) is 204 Å². The number of hydrogen-bond donors (Lipinski definition) is 0. The summed E-state index contributed by atoms with van der Waals surface area (Å²) < 4.78 is 23.1. The van der Waals surface area contributed by atoms with Crippen LogP contribution in [0.5, 0.6) is 0 Å². The minimum atomic E-state index is -1.47. The van der Waals surface area contributed by atoms with E-state index in [4.69, 9.17) is 25.4 Å². The topological polar surface area (TPSA) is 144 Å². The fourth-order valence-corrected chi connectivity index (χ4v) is 14.2. The van der Waals surface area contributed by atoms with Crippen molar-refractivity contribution < 1.29 is 38.1 Å². The molecule has 4 aliphatic rings. The molecule has 492 valence electrons. The second-order valence-electron chi connectivity index (χ2n) is 30.8. The van der Waals surface area contributed by atoms with E-state index in [1.54, 1.807) is 32.0 Å². The third-order valence-electron chi connectivity index (χ3n) is 16.3. The van der Waals surface area contributed by atoms with Crippen molar-refractivity contribution in [2.75, 3.05) is 45.8 Å². The molecule has 92 heavy (non-hydrogen) atoms. The molecule has 4 amide bonds. The summed E-state index contributed by atoms with van der Waals surface area (Å²) in [6, 6.07) is 27.5. The molecule has 5 aromatic rings. The Balaban J connectivity index is 0.000000197. The quantitative estimate of drug-likeness (QED) is 0.0972. The fourth-order valence-electron chi connectivity index (χ4n) is 11.4. The van der Waals surface area contributed by atoms with Crippen LogP contribution < -0.4 is 19.6 Å². The van der Waals surface area contributed by atoms with E-state index < -0.39 is 30.5 Å². The van der Waals surface area contributed by atoms with Crippen LogP contribution in [0, 0.1) is 35.6 Å². The summed E-state index contributed by atoms with van der Waals surface area (Å²) in [6.45, 7) is 49.0. The summed E-state index contributed by atoms with van der Waals surface area (Å²) in [6.07, 6.45) is 9.13. The number of carbonyl (C=O) groups is 4. The third-order valence-corrected chi connectivity index (χ3v) is 21.5. The van der Waals surface area contributed by atoms with Gasteiger partial charge in [-0.15, -0.1) is 12.0 Å². The molecule has 14 nitrogen and oxygen atoms in total. The first-order chi connectivity index (χ1) is 42.4. The van der Waals surface area contributed by atoms with Crippen LogP contribution in [0.25, 0.3) is 0 Å². The van der Waals surface area contributed by atoms with Gasteiger partial charge in [-0.05, 0) is 196 Å². The second-order valence-corrected chi connectivity index (χ2v) is 36.6. The smallest absolute Gasteiger partial charge is 0.414 e. The number of anilines is 4. The lowest BCUT2D eigenvalue weighted by molar-refractivity contribution is 0.0568. The molecule has 0 fully saturated rings. The number of nitrogens with zero attached hydrogens (tertiary/aromatic N) is 6. The van der Waals surface area contributed by atoms with Gasteiger partial charge in [0.2, 0.25) is 0 Å². The van der Waals surface area contributed by atoms with Crippen molar-refractivity contribution in [3.8, 4) is 35.6 Å². The van der Waals surface area contributed by atoms with Gasteiger partial charge in [0.1, 0.15) is 36.8 Å². The van der Waals surface area contributed by atoms with E-state index in [2.05, 4.69) is 149 Å². The lowest BCUT2D eigenvalue weighted by Gasteiger charge is -2.25. The van der Waals surface area contributed by atoms with Gasteiger partial charge >= 0.3 is 24.4 Å². The van der Waals surface area contributed by atoms with E-state index in [0.29, 0.717) is 26.2 Å². The average Bonchev–Trinajstić information content (AvgIpc) is 1.64. The van der Waals surface area contributed by atoms with Crippen LogP contribution in [0.2, 0.25) is 18.1 Å². The van der Waals surface area contributed by atoms with E-state index in [1.807, 2.05) is 138 Å². The zero-order valence-corrected chi connectivity index (χ0v) is 61.6. The van der Waals surface area contributed by atoms with Crippen molar-refractivity contribution in [3.05, 3.63) is 140 Å². The number of fused-ring (bicyclic) bond motifs is 4. The molecule has 0 unspecified atom stereocenters. The number of ether oxygens (including phenoxy) is 4. The van der Waals surface area contributed by atoms with Gasteiger partial charge in [0.15, 0.2) is 0 Å². The van der Waals surface area contributed by atoms with Crippen LogP contribution >= 0.6 is 15.9 Å². The van der Waals surface area contributed by atoms with Gasteiger partial charge in [-0.3, -0.25) is 19.6 Å². The number of amides is 4. The van der Waals surface area contributed by atoms with Gasteiger partial charge in [-0.25, -0.2) is 29.1 Å². The molecule has 4 aliphatic heterocycles. The van der Waals surface area contributed by atoms with Crippen LogP contribution in [-0.2, 0) is 40.6 Å². The average molecular weight is 1330 g/mol. The molecule has 0 bridgehead atoms. The normalized spacial score (nSPS) is 16.0. The number of halogens is 1. The first kappa shape index (κ1) is 73.5. The highest BCUT2D eigenvalue weighted by Crippen LogP contribution is 2.46. The monoisotopic (exact) mass is 1330 g/mol. The molecule has 1 aromatic heterocycles. The van der Waals surface area contributed by atoms with E-state index in [0.717, 1.165) is 60.6 Å². The molecular formula is C76H99BrN6O8Si. The molecule has 0 aliphatic carbocycles. The van der Waals surface area contributed by atoms with Crippen molar-refractivity contribution >= 4 is 71.1 Å². The second kappa shape index (κ2) is 27.9. The van der Waals surface area contributed by atoms with Gasteiger partial charge in [-0.1, -0.05) is 116 Å². The first-order valence-corrected chi connectivity index (χ1v) is 35.3. The SMILES string of the molecule is C#Cc1ccc2c(c1)C(C)(C)CN2C(=O)OC(C)(C)C.CC(C)(C)OC(=O)N1CC(C)(C)c2cc(Br)ccc21.CC(C)(C)OC(=O)N1CC(C)(C)c2cc(C#Cc3cncnc3)ccc21.CC[Si](C#Cc1ccc2c(c1)C(C)(C)CN2C(=O)OC(C)(C)C)(CC)CC. The van der Waals surface area contributed by atoms with Crippen LogP contribution in [0.3, 0.4) is 0 Å². The summed E-state index contributed by atoms with van der Waals surface area (Å²) in [5, 5.41) is 0. The van der Waals surface area contributed by atoms with Crippen LogP contribution in [0.4, 0.5) is 41.9 Å². The van der Waals surface area contributed by atoms with Crippen molar-refractivity contribution in [2.24, 2.45) is 0 Å². The maximum Gasteiger partial charge on any atom is 0.414 e. The molecule has 4 aromatic carbocycles. The molecule has 0 atom stereocenters. The summed E-state index contributed by atoms with van der Waals surface area (Å²) in [4.78, 5) is 64.7. The molecule has 0 spiro atoms. The molecule has 0 saturated heterocycles. The highest BCUT2D eigenvalue weighted by Gasteiger charge is 2.44. The van der Waals surface area contributed by atoms with Crippen LogP contribution in [-0.4, -0.2) is 91.0 Å². The Labute approximate surface area is 559 Å². The Hall–Kier alpha value is -7.58. The zero-order chi connectivity index (χ0) is 69.0. The minimum absolute atomic E-state index is 0.0595. The lowest BCUT2D eigenvalue weighted by atomic mass is 9.86. The van der Waals surface area contributed by atoms with E-state index in [9.17, 15) is 19.2 Å². The fraction of sp³-hybridized carbons (Fsp3) is 0.500. The number of benzene rings is 4. The summed E-state index contributed by atoms with van der Waals surface area (Å²) in [5.74, 6) is 12.3. The predicted molar refractivity (Wildman–Crippen MR) is 380 cm³/mol. The summed E-state index contributed by atoms with van der Waals surface area (Å²) in [5.41, 5.74) is 13.0. The highest BCUT2D eigenvalue weighted by molar-refractivity contribution is 9.10. The van der Waals surface area contributed by atoms with Gasteiger partial charge in [0.25, 0.3) is 0 Å². The Morgan fingerprint density at radius 3 is 1.05 bits per heavy atom. The molecule has 0 saturated carbocycles. The molecule has 0 N–H and O–H groups in total. The minimum Gasteiger partial charge on any atom is -0.443 e.